The summed E-state index contributed by atoms with van der Waals surface area (Å²) in [6.07, 6.45) is -2.50. The average molecular weight is 278 g/mol. The van der Waals surface area contributed by atoms with Crippen LogP contribution >= 0.6 is 0 Å². The van der Waals surface area contributed by atoms with Crippen molar-refractivity contribution in [2.75, 3.05) is 0 Å². The number of alkyl halides is 2. The van der Waals surface area contributed by atoms with Gasteiger partial charge in [-0.2, -0.15) is 0 Å². The fraction of sp³-hybridized carbons (Fsp3) is 0.333. The molecule has 0 bridgehead atoms. The first-order valence-electron chi connectivity index (χ1n) is 6.39. The predicted molar refractivity (Wildman–Crippen MR) is 74.1 cm³/mol. The van der Waals surface area contributed by atoms with Crippen LogP contribution in [0.4, 0.5) is 8.78 Å². The topological polar surface area (TPSA) is 45.8 Å². The van der Waals surface area contributed by atoms with E-state index in [9.17, 15) is 13.6 Å². The molecule has 0 aliphatic carbocycles. The highest BCUT2D eigenvalue weighted by Gasteiger charge is 2.13. The predicted octanol–water partition coefficient (Wildman–Crippen LogP) is 3.81. The van der Waals surface area contributed by atoms with Gasteiger partial charge in [-0.3, -0.25) is 4.79 Å². The largest absolute Gasteiger partial charge is 0.306 e. The number of benzene rings is 1. The van der Waals surface area contributed by atoms with Crippen molar-refractivity contribution in [2.45, 2.75) is 33.1 Å². The van der Waals surface area contributed by atoms with Crippen LogP contribution in [0.2, 0.25) is 0 Å². The Morgan fingerprint density at radius 2 is 1.75 bits per heavy atom. The van der Waals surface area contributed by atoms with E-state index in [-0.39, 0.29) is 17.0 Å². The standard InChI is InChI=1S/C15H16F2N2O/c1-8(2)12-9(3)18-14(19-15(12)20)11-6-4-10(5-7-11)13(16)17/h4-8,13H,1-3H3,(H,18,19,20). The van der Waals surface area contributed by atoms with E-state index < -0.39 is 6.43 Å². The van der Waals surface area contributed by atoms with Crippen LogP contribution in [0.25, 0.3) is 11.4 Å². The summed E-state index contributed by atoms with van der Waals surface area (Å²) in [4.78, 5) is 19.1. The Balaban J connectivity index is 2.46. The van der Waals surface area contributed by atoms with Gasteiger partial charge in [0.15, 0.2) is 0 Å². The molecule has 0 atom stereocenters. The van der Waals surface area contributed by atoms with Crippen molar-refractivity contribution in [1.82, 2.24) is 9.97 Å². The summed E-state index contributed by atoms with van der Waals surface area (Å²) in [7, 11) is 0. The summed E-state index contributed by atoms with van der Waals surface area (Å²) in [6.45, 7) is 5.63. The normalized spacial score (nSPS) is 11.3. The molecule has 0 amide bonds. The van der Waals surface area contributed by atoms with Gasteiger partial charge in [-0.05, 0) is 12.8 Å². The van der Waals surface area contributed by atoms with Crippen LogP contribution < -0.4 is 5.56 Å². The van der Waals surface area contributed by atoms with Crippen LogP contribution in [0, 0.1) is 6.92 Å². The summed E-state index contributed by atoms with van der Waals surface area (Å²) in [5.41, 5.74) is 1.70. The molecule has 0 saturated heterocycles. The molecular formula is C15H16F2N2O. The minimum absolute atomic E-state index is 0.0494. The van der Waals surface area contributed by atoms with Crippen molar-refractivity contribution in [3.05, 3.63) is 51.4 Å². The molecule has 106 valence electrons. The van der Waals surface area contributed by atoms with Gasteiger partial charge >= 0.3 is 0 Å². The van der Waals surface area contributed by atoms with Crippen molar-refractivity contribution in [1.29, 1.82) is 0 Å². The van der Waals surface area contributed by atoms with Gasteiger partial charge in [0.25, 0.3) is 12.0 Å². The van der Waals surface area contributed by atoms with E-state index in [0.29, 0.717) is 22.6 Å². The number of aryl methyl sites for hydroxylation is 1. The molecule has 0 saturated carbocycles. The Morgan fingerprint density at radius 1 is 1.15 bits per heavy atom. The van der Waals surface area contributed by atoms with E-state index >= 15 is 0 Å². The Morgan fingerprint density at radius 3 is 2.20 bits per heavy atom. The minimum Gasteiger partial charge on any atom is -0.306 e. The van der Waals surface area contributed by atoms with E-state index in [1.54, 1.807) is 6.92 Å². The lowest BCUT2D eigenvalue weighted by atomic mass is 10.0. The van der Waals surface area contributed by atoms with Crippen LogP contribution in [-0.4, -0.2) is 9.97 Å². The molecule has 20 heavy (non-hydrogen) atoms. The third kappa shape index (κ3) is 2.76. The van der Waals surface area contributed by atoms with E-state index in [1.165, 1.54) is 24.3 Å². The third-order valence-corrected chi connectivity index (χ3v) is 3.16. The number of hydrogen-bond acceptors (Lipinski definition) is 2. The van der Waals surface area contributed by atoms with Gasteiger partial charge in [0.05, 0.1) is 0 Å². The number of rotatable bonds is 3. The maximum atomic E-state index is 12.5. The smallest absolute Gasteiger partial charge is 0.263 e. The molecule has 0 aliphatic rings. The second kappa shape index (κ2) is 5.53. The maximum Gasteiger partial charge on any atom is 0.263 e. The Labute approximate surface area is 115 Å². The lowest BCUT2D eigenvalue weighted by molar-refractivity contribution is 0.151. The fourth-order valence-corrected chi connectivity index (χ4v) is 2.20. The second-order valence-electron chi connectivity index (χ2n) is 4.99. The van der Waals surface area contributed by atoms with E-state index in [1.807, 2.05) is 13.8 Å². The molecule has 2 rings (SSSR count). The SMILES string of the molecule is Cc1nc(-c2ccc(C(F)F)cc2)[nH]c(=O)c1C(C)C. The van der Waals surface area contributed by atoms with Crippen LogP contribution in [-0.2, 0) is 0 Å². The zero-order chi connectivity index (χ0) is 14.9. The van der Waals surface area contributed by atoms with Crippen molar-refractivity contribution < 1.29 is 8.78 Å². The molecule has 1 heterocycles. The van der Waals surface area contributed by atoms with Crippen molar-refractivity contribution in [3.63, 3.8) is 0 Å². The lowest BCUT2D eigenvalue weighted by Crippen LogP contribution is -2.18. The molecule has 1 N–H and O–H groups in total. The van der Waals surface area contributed by atoms with Crippen LogP contribution in [0.5, 0.6) is 0 Å². The minimum atomic E-state index is -2.50. The number of aromatic nitrogens is 2. The number of nitrogens with one attached hydrogen (secondary N) is 1. The molecule has 2 aromatic rings. The zero-order valence-corrected chi connectivity index (χ0v) is 11.6. The number of hydrogen-bond donors (Lipinski definition) is 1. The number of nitrogens with zero attached hydrogens (tertiary/aromatic N) is 1. The fourth-order valence-electron chi connectivity index (χ4n) is 2.20. The summed E-state index contributed by atoms with van der Waals surface area (Å²) in [6, 6.07) is 5.75. The highest BCUT2D eigenvalue weighted by Crippen LogP contribution is 2.22. The molecule has 1 aromatic carbocycles. The number of H-pyrrole nitrogens is 1. The molecule has 1 aromatic heterocycles. The second-order valence-corrected chi connectivity index (χ2v) is 4.99. The van der Waals surface area contributed by atoms with Gasteiger partial charge in [-0.1, -0.05) is 38.1 Å². The number of halogens is 2. The summed E-state index contributed by atoms with van der Waals surface area (Å²) in [5.74, 6) is 0.485. The molecule has 0 fully saturated rings. The van der Waals surface area contributed by atoms with Crippen molar-refractivity contribution >= 4 is 0 Å². The quantitative estimate of drug-likeness (QED) is 0.928. The van der Waals surface area contributed by atoms with Gasteiger partial charge in [-0.25, -0.2) is 13.8 Å². The Hall–Kier alpha value is -2.04. The van der Waals surface area contributed by atoms with E-state index in [2.05, 4.69) is 9.97 Å². The maximum absolute atomic E-state index is 12.5. The Bertz CT molecular complexity index is 661. The first-order valence-corrected chi connectivity index (χ1v) is 6.39. The van der Waals surface area contributed by atoms with Gasteiger partial charge < -0.3 is 4.98 Å². The third-order valence-electron chi connectivity index (χ3n) is 3.16. The molecule has 5 heteroatoms. The van der Waals surface area contributed by atoms with Crippen LogP contribution in [0.1, 0.15) is 43.0 Å². The van der Waals surface area contributed by atoms with Crippen LogP contribution in [0.3, 0.4) is 0 Å². The van der Waals surface area contributed by atoms with Gasteiger partial charge in [0.1, 0.15) is 5.82 Å². The first-order chi connectivity index (χ1) is 9.40. The van der Waals surface area contributed by atoms with Crippen LogP contribution in [0.15, 0.2) is 29.1 Å². The van der Waals surface area contributed by atoms with E-state index in [0.717, 1.165) is 0 Å². The molecule has 0 aliphatic heterocycles. The molecule has 0 unspecified atom stereocenters. The highest BCUT2D eigenvalue weighted by molar-refractivity contribution is 5.55. The van der Waals surface area contributed by atoms with Gasteiger partial charge in [0, 0.05) is 22.4 Å². The molecule has 3 nitrogen and oxygen atoms in total. The lowest BCUT2D eigenvalue weighted by Gasteiger charge is -2.10. The van der Waals surface area contributed by atoms with Crippen molar-refractivity contribution in [3.8, 4) is 11.4 Å². The number of aromatic amines is 1. The summed E-state index contributed by atoms with van der Waals surface area (Å²) >= 11 is 0. The average Bonchev–Trinajstić information content (AvgIpc) is 2.37. The molecular weight excluding hydrogens is 262 g/mol. The highest BCUT2D eigenvalue weighted by atomic mass is 19.3. The summed E-state index contributed by atoms with van der Waals surface area (Å²) < 4.78 is 25.0. The Kier molecular flexibility index (Phi) is 3.97. The zero-order valence-electron chi connectivity index (χ0n) is 11.6. The van der Waals surface area contributed by atoms with Crippen molar-refractivity contribution in [2.24, 2.45) is 0 Å². The van der Waals surface area contributed by atoms with Gasteiger partial charge in [-0.15, -0.1) is 0 Å². The molecule has 0 radical (unpaired) electrons. The monoisotopic (exact) mass is 278 g/mol. The van der Waals surface area contributed by atoms with E-state index in [4.69, 9.17) is 0 Å². The van der Waals surface area contributed by atoms with Gasteiger partial charge in [0.2, 0.25) is 0 Å². The summed E-state index contributed by atoms with van der Waals surface area (Å²) in [5, 5.41) is 0. The molecule has 0 spiro atoms. The first kappa shape index (κ1) is 14.4.